The molecule has 10 heteroatoms. The maximum atomic E-state index is 13.4. The number of rotatable bonds is 7. The Labute approximate surface area is 227 Å². The Balaban J connectivity index is 1.49. The van der Waals surface area contributed by atoms with Gasteiger partial charge in [0.05, 0.1) is 37.1 Å². The topological polar surface area (TPSA) is 92.8 Å². The molecule has 0 aliphatic carbocycles. The Morgan fingerprint density at radius 1 is 0.821 bits per heavy atom. The fourth-order valence-corrected chi connectivity index (χ4v) is 5.23. The molecule has 0 N–H and O–H groups in total. The molecule has 6 aromatic rings. The van der Waals surface area contributed by atoms with Gasteiger partial charge in [-0.3, -0.25) is 4.79 Å². The Morgan fingerprint density at radius 2 is 1.56 bits per heavy atom. The van der Waals surface area contributed by atoms with E-state index in [1.54, 1.807) is 26.0 Å². The molecule has 9 nitrogen and oxygen atoms in total. The number of ether oxygens (including phenoxy) is 3. The number of aromatic nitrogens is 5. The van der Waals surface area contributed by atoms with Crippen LogP contribution in [0.25, 0.3) is 39.4 Å². The van der Waals surface area contributed by atoms with Gasteiger partial charge in [0.2, 0.25) is 4.96 Å². The predicted octanol–water partition coefficient (Wildman–Crippen LogP) is 4.24. The molecule has 0 amide bonds. The van der Waals surface area contributed by atoms with Crippen LogP contribution >= 0.6 is 11.3 Å². The van der Waals surface area contributed by atoms with Crippen molar-refractivity contribution < 1.29 is 14.2 Å². The molecule has 0 saturated carbocycles. The van der Waals surface area contributed by atoms with Crippen LogP contribution in [0.5, 0.6) is 17.2 Å². The quantitative estimate of drug-likeness (QED) is 0.301. The van der Waals surface area contributed by atoms with E-state index in [1.165, 1.54) is 15.9 Å². The highest BCUT2D eigenvalue weighted by Crippen LogP contribution is 2.34. The fraction of sp³-hybridized carbons (Fsp3) is 0.103. The predicted molar refractivity (Wildman–Crippen MR) is 150 cm³/mol. The van der Waals surface area contributed by atoms with Crippen LogP contribution in [-0.4, -0.2) is 45.7 Å². The maximum Gasteiger partial charge on any atom is 0.291 e. The smallest absolute Gasteiger partial charge is 0.291 e. The van der Waals surface area contributed by atoms with Crippen LogP contribution in [0.3, 0.4) is 0 Å². The first-order valence-electron chi connectivity index (χ1n) is 12.0. The molecular weight excluding hydrogens is 514 g/mol. The van der Waals surface area contributed by atoms with Crippen LogP contribution in [0.2, 0.25) is 0 Å². The molecule has 6 rings (SSSR count). The van der Waals surface area contributed by atoms with Crippen LogP contribution < -0.4 is 24.3 Å². The summed E-state index contributed by atoms with van der Waals surface area (Å²) in [5.41, 5.74) is 3.63. The van der Waals surface area contributed by atoms with Crippen molar-refractivity contribution in [3.63, 3.8) is 0 Å². The zero-order valence-electron chi connectivity index (χ0n) is 21.4. The van der Waals surface area contributed by atoms with E-state index >= 15 is 0 Å². The lowest BCUT2D eigenvalue weighted by Crippen LogP contribution is -2.23. The zero-order valence-corrected chi connectivity index (χ0v) is 22.2. The summed E-state index contributed by atoms with van der Waals surface area (Å²) in [4.78, 5) is 18.5. The van der Waals surface area contributed by atoms with Gasteiger partial charge in [0.15, 0.2) is 17.3 Å². The summed E-state index contributed by atoms with van der Waals surface area (Å²) < 4.78 is 20.0. The second-order valence-electron chi connectivity index (χ2n) is 8.53. The van der Waals surface area contributed by atoms with Crippen molar-refractivity contribution >= 4 is 22.4 Å². The normalized spacial score (nSPS) is 11.7. The lowest BCUT2D eigenvalue weighted by atomic mass is 10.1. The minimum atomic E-state index is -0.255. The molecule has 3 aromatic carbocycles. The summed E-state index contributed by atoms with van der Waals surface area (Å²) in [7, 11) is 4.78. The summed E-state index contributed by atoms with van der Waals surface area (Å²) in [6.07, 6.45) is 3.72. The highest BCUT2D eigenvalue weighted by atomic mass is 32.1. The first-order valence-corrected chi connectivity index (χ1v) is 12.8. The van der Waals surface area contributed by atoms with Crippen molar-refractivity contribution in [3.05, 3.63) is 99.4 Å². The Bertz CT molecular complexity index is 1910. The minimum absolute atomic E-state index is 0.255. The van der Waals surface area contributed by atoms with E-state index in [9.17, 15) is 4.79 Å². The van der Waals surface area contributed by atoms with E-state index in [-0.39, 0.29) is 5.56 Å². The fourth-order valence-electron chi connectivity index (χ4n) is 4.33. The Kier molecular flexibility index (Phi) is 6.29. The monoisotopic (exact) mass is 537 g/mol. The summed E-state index contributed by atoms with van der Waals surface area (Å²) in [6.45, 7) is 0. The van der Waals surface area contributed by atoms with Crippen LogP contribution in [0.1, 0.15) is 5.56 Å². The van der Waals surface area contributed by atoms with Gasteiger partial charge in [0.1, 0.15) is 11.4 Å². The summed E-state index contributed by atoms with van der Waals surface area (Å²) in [6, 6.07) is 22.9. The van der Waals surface area contributed by atoms with E-state index in [0.29, 0.717) is 38.3 Å². The van der Waals surface area contributed by atoms with Crippen molar-refractivity contribution in [1.29, 1.82) is 0 Å². The number of hydrogen-bond acceptors (Lipinski definition) is 8. The summed E-state index contributed by atoms with van der Waals surface area (Å²) in [5, 5.41) is 9.34. The van der Waals surface area contributed by atoms with Gasteiger partial charge < -0.3 is 14.2 Å². The van der Waals surface area contributed by atoms with Crippen LogP contribution in [0.15, 0.2) is 83.8 Å². The van der Waals surface area contributed by atoms with E-state index in [1.807, 2.05) is 85.1 Å². The summed E-state index contributed by atoms with van der Waals surface area (Å²) >= 11 is 1.27. The molecule has 0 fully saturated rings. The lowest BCUT2D eigenvalue weighted by Gasteiger charge is -2.09. The van der Waals surface area contributed by atoms with Crippen LogP contribution in [0.4, 0.5) is 0 Å². The van der Waals surface area contributed by atoms with Gasteiger partial charge in [0.25, 0.3) is 5.56 Å². The molecule has 0 spiro atoms. The molecule has 0 aliphatic heterocycles. The number of hydrogen-bond donors (Lipinski definition) is 0. The largest absolute Gasteiger partial charge is 0.496 e. The molecule has 0 aliphatic rings. The van der Waals surface area contributed by atoms with Crippen LogP contribution in [0, 0.1) is 0 Å². The number of benzene rings is 3. The minimum Gasteiger partial charge on any atom is -0.496 e. The van der Waals surface area contributed by atoms with Gasteiger partial charge in [-0.1, -0.05) is 41.7 Å². The average molecular weight is 538 g/mol. The van der Waals surface area contributed by atoms with Gasteiger partial charge in [-0.2, -0.15) is 14.6 Å². The standard InChI is InChI=1S/C29H23N5O4S/c1-36-22-12-8-7-11-21(22)27-30-29-34(32-27)28(35)25(39-29)16-19-17-33(20-9-5-4-6-10-20)31-26(19)18-13-14-23(37-2)24(15-18)38-3/h4-17H,1-3H3/b25-16-. The second kappa shape index (κ2) is 10.1. The SMILES string of the molecule is COc1ccc(-c2nn(-c3ccccc3)cc2/C=c2\sc3nc(-c4ccccc4OC)nn3c2=O)cc1OC. The molecule has 0 atom stereocenters. The van der Waals surface area contributed by atoms with Gasteiger partial charge in [0, 0.05) is 17.3 Å². The first-order chi connectivity index (χ1) is 19.1. The van der Waals surface area contributed by atoms with Crippen molar-refractivity contribution in [2.75, 3.05) is 21.3 Å². The summed E-state index contributed by atoms with van der Waals surface area (Å²) in [5.74, 6) is 2.28. The number of nitrogens with zero attached hydrogens (tertiary/aromatic N) is 5. The van der Waals surface area contributed by atoms with E-state index in [2.05, 4.69) is 10.1 Å². The second-order valence-corrected chi connectivity index (χ2v) is 9.54. The van der Waals surface area contributed by atoms with Gasteiger partial charge in [-0.25, -0.2) is 4.68 Å². The van der Waals surface area contributed by atoms with Gasteiger partial charge in [-0.15, -0.1) is 5.10 Å². The molecule has 0 radical (unpaired) electrons. The van der Waals surface area contributed by atoms with Crippen LogP contribution in [-0.2, 0) is 0 Å². The molecule has 39 heavy (non-hydrogen) atoms. The average Bonchev–Trinajstić information content (AvgIpc) is 3.68. The third-order valence-corrected chi connectivity index (χ3v) is 7.20. The molecule has 0 unspecified atom stereocenters. The zero-order chi connectivity index (χ0) is 26.9. The van der Waals surface area contributed by atoms with Crippen molar-refractivity contribution in [1.82, 2.24) is 24.4 Å². The Morgan fingerprint density at radius 3 is 2.31 bits per heavy atom. The first kappa shape index (κ1) is 24.4. The number of fused-ring (bicyclic) bond motifs is 1. The molecule has 194 valence electrons. The van der Waals surface area contributed by atoms with Crippen molar-refractivity contribution in [3.8, 4) is 45.6 Å². The van der Waals surface area contributed by atoms with Gasteiger partial charge in [-0.05, 0) is 48.5 Å². The molecule has 0 bridgehead atoms. The highest BCUT2D eigenvalue weighted by Gasteiger charge is 2.17. The highest BCUT2D eigenvalue weighted by molar-refractivity contribution is 7.15. The molecule has 0 saturated heterocycles. The van der Waals surface area contributed by atoms with Gasteiger partial charge >= 0.3 is 0 Å². The number of thiazole rings is 1. The lowest BCUT2D eigenvalue weighted by molar-refractivity contribution is 0.355. The third kappa shape index (κ3) is 4.40. The van der Waals surface area contributed by atoms with Crippen molar-refractivity contribution in [2.24, 2.45) is 0 Å². The van der Waals surface area contributed by atoms with E-state index < -0.39 is 0 Å². The van der Waals surface area contributed by atoms with E-state index in [4.69, 9.17) is 19.3 Å². The van der Waals surface area contributed by atoms with E-state index in [0.717, 1.165) is 22.4 Å². The van der Waals surface area contributed by atoms with Crippen molar-refractivity contribution in [2.45, 2.75) is 0 Å². The number of para-hydroxylation sites is 2. The molecular formula is C29H23N5O4S. The third-order valence-electron chi connectivity index (χ3n) is 6.24. The molecule has 3 aromatic heterocycles. The Hall–Kier alpha value is -4.96. The molecule has 3 heterocycles. The maximum absolute atomic E-state index is 13.4. The number of methoxy groups -OCH3 is 3.